The number of hydrogen-bond acceptors (Lipinski definition) is 4. The summed E-state index contributed by atoms with van der Waals surface area (Å²) < 4.78 is 10.5. The summed E-state index contributed by atoms with van der Waals surface area (Å²) in [4.78, 5) is 15.5. The average molecular weight is 485 g/mol. The Morgan fingerprint density at radius 1 is 1.15 bits per heavy atom. The second-order valence-electron chi connectivity index (χ2n) is 6.02. The van der Waals surface area contributed by atoms with Crippen LogP contribution in [0, 0.1) is 5.92 Å². The Hall–Kier alpha value is -2.03. The first-order valence-electron chi connectivity index (χ1n) is 8.78. The lowest BCUT2D eigenvalue weighted by Gasteiger charge is -2.14. The van der Waals surface area contributed by atoms with E-state index < -0.39 is 0 Å². The molecule has 0 heterocycles. The summed E-state index contributed by atoms with van der Waals surface area (Å²) in [6, 6.07) is 14.3. The molecule has 0 aliphatic heterocycles. The molecule has 0 radical (unpaired) electrons. The molecule has 148 valence electrons. The maximum atomic E-state index is 11.4. The van der Waals surface area contributed by atoms with Crippen LogP contribution in [-0.4, -0.2) is 45.8 Å². The maximum Gasteiger partial charge on any atom is 0.310 e. The largest absolute Gasteiger partial charge is 0.494 e. The molecule has 27 heavy (non-hydrogen) atoms. The highest BCUT2D eigenvalue weighted by Crippen LogP contribution is 2.20. The van der Waals surface area contributed by atoms with Crippen LogP contribution in [0.4, 0.5) is 0 Å². The Bertz CT molecular complexity index is 752. The number of hydrogen-bond donors (Lipinski definition) is 2. The third-order valence-corrected chi connectivity index (χ3v) is 4.01. The molecule has 6 nitrogen and oxygen atoms in total. The van der Waals surface area contributed by atoms with Crippen molar-refractivity contribution in [2.45, 2.75) is 13.3 Å². The van der Waals surface area contributed by atoms with Gasteiger partial charge in [-0.15, -0.1) is 24.0 Å². The van der Waals surface area contributed by atoms with Crippen molar-refractivity contribution in [2.24, 2.45) is 10.9 Å². The van der Waals surface area contributed by atoms with E-state index in [9.17, 15) is 4.79 Å². The van der Waals surface area contributed by atoms with Crippen molar-refractivity contribution in [3.8, 4) is 5.75 Å². The van der Waals surface area contributed by atoms with Crippen molar-refractivity contribution >= 4 is 46.7 Å². The first-order chi connectivity index (χ1) is 12.6. The number of esters is 1. The van der Waals surface area contributed by atoms with E-state index in [1.165, 1.54) is 17.9 Å². The van der Waals surface area contributed by atoms with Gasteiger partial charge < -0.3 is 20.1 Å². The SMILES string of the molecule is CN=C(NCCCOc1ccc2ccccc2c1)NCC(C)C(=O)OC.I. The molecule has 0 amide bonds. The van der Waals surface area contributed by atoms with Crippen molar-refractivity contribution in [3.63, 3.8) is 0 Å². The van der Waals surface area contributed by atoms with Crippen LogP contribution in [0.25, 0.3) is 10.8 Å². The van der Waals surface area contributed by atoms with E-state index in [0.29, 0.717) is 19.1 Å². The maximum absolute atomic E-state index is 11.4. The molecule has 0 bridgehead atoms. The first-order valence-corrected chi connectivity index (χ1v) is 8.78. The lowest BCUT2D eigenvalue weighted by Crippen LogP contribution is -2.41. The third-order valence-electron chi connectivity index (χ3n) is 4.01. The Kier molecular flexibility index (Phi) is 10.5. The predicted octanol–water partition coefficient (Wildman–Crippen LogP) is 3.20. The predicted molar refractivity (Wildman–Crippen MR) is 120 cm³/mol. The van der Waals surface area contributed by atoms with Gasteiger partial charge in [-0.25, -0.2) is 0 Å². The van der Waals surface area contributed by atoms with Gasteiger partial charge in [0.15, 0.2) is 5.96 Å². The summed E-state index contributed by atoms with van der Waals surface area (Å²) in [6.07, 6.45) is 0.833. The molecule has 0 aliphatic rings. The fourth-order valence-electron chi connectivity index (χ4n) is 2.48. The van der Waals surface area contributed by atoms with E-state index in [-0.39, 0.29) is 35.9 Å². The van der Waals surface area contributed by atoms with Gasteiger partial charge >= 0.3 is 5.97 Å². The zero-order valence-corrected chi connectivity index (χ0v) is 18.4. The molecule has 2 N–H and O–H groups in total. The summed E-state index contributed by atoms with van der Waals surface area (Å²) in [5.41, 5.74) is 0. The molecule has 2 rings (SSSR count). The molecule has 1 unspecified atom stereocenters. The van der Waals surface area contributed by atoms with Crippen LogP contribution < -0.4 is 15.4 Å². The van der Waals surface area contributed by atoms with E-state index in [4.69, 9.17) is 9.47 Å². The van der Waals surface area contributed by atoms with Gasteiger partial charge in [0.05, 0.1) is 19.6 Å². The van der Waals surface area contributed by atoms with E-state index >= 15 is 0 Å². The second kappa shape index (κ2) is 12.4. The number of nitrogens with one attached hydrogen (secondary N) is 2. The molecule has 0 saturated carbocycles. The molecule has 0 fully saturated rings. The number of aliphatic imine (C=N–C) groups is 1. The summed E-state index contributed by atoms with van der Waals surface area (Å²) in [7, 11) is 3.09. The molecule has 2 aromatic carbocycles. The van der Waals surface area contributed by atoms with E-state index in [2.05, 4.69) is 39.9 Å². The van der Waals surface area contributed by atoms with Crippen LogP contribution >= 0.6 is 24.0 Å². The smallest absolute Gasteiger partial charge is 0.310 e. The lowest BCUT2D eigenvalue weighted by molar-refractivity contribution is -0.144. The Balaban J connectivity index is 0.00000364. The highest BCUT2D eigenvalue weighted by Gasteiger charge is 2.13. The van der Waals surface area contributed by atoms with Gasteiger partial charge in [-0.3, -0.25) is 9.79 Å². The van der Waals surface area contributed by atoms with Crippen LogP contribution in [0.5, 0.6) is 5.75 Å². The van der Waals surface area contributed by atoms with Gasteiger partial charge in [0.2, 0.25) is 0 Å². The first kappa shape index (κ1) is 23.0. The third kappa shape index (κ3) is 7.62. The van der Waals surface area contributed by atoms with Crippen LogP contribution in [-0.2, 0) is 9.53 Å². The number of fused-ring (bicyclic) bond motifs is 1. The van der Waals surface area contributed by atoms with Crippen LogP contribution in [0.1, 0.15) is 13.3 Å². The van der Waals surface area contributed by atoms with Crippen LogP contribution in [0.3, 0.4) is 0 Å². The molecule has 0 saturated heterocycles. The number of guanidine groups is 1. The molecular formula is C20H28IN3O3. The number of halogens is 1. The van der Waals surface area contributed by atoms with E-state index in [1.54, 1.807) is 7.05 Å². The fraction of sp³-hybridized carbons (Fsp3) is 0.400. The molecule has 0 spiro atoms. The average Bonchev–Trinajstić information content (AvgIpc) is 2.68. The number of carbonyl (C=O) groups is 1. The minimum Gasteiger partial charge on any atom is -0.494 e. The summed E-state index contributed by atoms with van der Waals surface area (Å²) in [5.74, 6) is 1.07. The molecule has 1 atom stereocenters. The zero-order valence-electron chi connectivity index (χ0n) is 16.0. The summed E-state index contributed by atoms with van der Waals surface area (Å²) in [6.45, 7) is 3.62. The van der Waals surface area contributed by atoms with Crippen molar-refractivity contribution < 1.29 is 14.3 Å². The molecular weight excluding hydrogens is 457 g/mol. The number of nitrogens with zero attached hydrogens (tertiary/aromatic N) is 1. The highest BCUT2D eigenvalue weighted by molar-refractivity contribution is 14.0. The van der Waals surface area contributed by atoms with Crippen molar-refractivity contribution in [1.29, 1.82) is 0 Å². The topological polar surface area (TPSA) is 72.0 Å². The Morgan fingerprint density at radius 2 is 1.89 bits per heavy atom. The number of benzene rings is 2. The van der Waals surface area contributed by atoms with Crippen LogP contribution in [0.2, 0.25) is 0 Å². The van der Waals surface area contributed by atoms with Gasteiger partial charge in [0.25, 0.3) is 0 Å². The van der Waals surface area contributed by atoms with E-state index in [1.807, 2.05) is 25.1 Å². The minimum absolute atomic E-state index is 0. The lowest BCUT2D eigenvalue weighted by atomic mass is 10.1. The Labute approximate surface area is 177 Å². The number of rotatable bonds is 8. The fourth-order valence-corrected chi connectivity index (χ4v) is 2.48. The van der Waals surface area contributed by atoms with Crippen molar-refractivity contribution in [1.82, 2.24) is 10.6 Å². The monoisotopic (exact) mass is 485 g/mol. The number of carbonyl (C=O) groups excluding carboxylic acids is 1. The van der Waals surface area contributed by atoms with Gasteiger partial charge in [-0.1, -0.05) is 37.3 Å². The normalized spacial score (nSPS) is 12.0. The number of ether oxygens (including phenoxy) is 2. The molecule has 2 aromatic rings. The minimum atomic E-state index is -0.239. The van der Waals surface area contributed by atoms with Crippen molar-refractivity contribution in [2.75, 3.05) is 33.9 Å². The summed E-state index contributed by atoms with van der Waals surface area (Å²) in [5, 5.41) is 8.69. The highest BCUT2D eigenvalue weighted by atomic mass is 127. The van der Waals surface area contributed by atoms with Crippen molar-refractivity contribution in [3.05, 3.63) is 42.5 Å². The Morgan fingerprint density at radius 3 is 2.59 bits per heavy atom. The van der Waals surface area contributed by atoms with Crippen LogP contribution in [0.15, 0.2) is 47.5 Å². The second-order valence-corrected chi connectivity index (χ2v) is 6.02. The van der Waals surface area contributed by atoms with Gasteiger partial charge in [0, 0.05) is 20.1 Å². The molecule has 0 aromatic heterocycles. The van der Waals surface area contributed by atoms with Gasteiger partial charge in [-0.05, 0) is 29.3 Å². The quantitative estimate of drug-likeness (QED) is 0.198. The summed E-state index contributed by atoms with van der Waals surface area (Å²) >= 11 is 0. The molecule has 0 aliphatic carbocycles. The number of methoxy groups -OCH3 is 1. The molecule has 7 heteroatoms. The standard InChI is InChI=1S/C20H27N3O3.HI/c1-15(19(24)25-3)14-23-20(21-2)22-11-6-12-26-18-10-9-16-7-4-5-8-17(16)13-18;/h4-5,7-10,13,15H,6,11-12,14H2,1-3H3,(H2,21,22,23);1H. The zero-order chi connectivity index (χ0) is 18.8. The van der Waals surface area contributed by atoms with E-state index in [0.717, 1.165) is 18.7 Å². The van der Waals surface area contributed by atoms with Gasteiger partial charge in [0.1, 0.15) is 5.75 Å². The van der Waals surface area contributed by atoms with Gasteiger partial charge in [-0.2, -0.15) is 0 Å².